The van der Waals surface area contributed by atoms with Crippen molar-refractivity contribution in [3.05, 3.63) is 47.4 Å². The Kier molecular flexibility index (Phi) is 3.99. The summed E-state index contributed by atoms with van der Waals surface area (Å²) in [6, 6.07) is 5.02. The molecule has 0 radical (unpaired) electrons. The maximum absolute atomic E-state index is 12.7. The molecule has 0 aliphatic carbocycles. The van der Waals surface area contributed by atoms with Gasteiger partial charge in [0.25, 0.3) is 0 Å². The van der Waals surface area contributed by atoms with Crippen molar-refractivity contribution in [1.82, 2.24) is 9.97 Å². The van der Waals surface area contributed by atoms with Crippen molar-refractivity contribution in [2.24, 2.45) is 0 Å². The number of amides is 1. The van der Waals surface area contributed by atoms with Gasteiger partial charge in [0.1, 0.15) is 17.3 Å². The summed E-state index contributed by atoms with van der Waals surface area (Å²) in [6.07, 6.45) is -5.06. The quantitative estimate of drug-likeness (QED) is 0.851. The number of carboxylic acid groups (broad SMARTS) is 1. The van der Waals surface area contributed by atoms with Crippen LogP contribution >= 0.6 is 11.6 Å². The predicted molar refractivity (Wildman–Crippen MR) is 68.6 cm³/mol. The standard InChI is InChI=1S/C12H7ClF3N3O2/c13-9-5-10(18-6-17-9)19(11(20)21)8-3-1-2-7(4-8)12(14,15)16/h1-6H,(H,20,21). The third-order valence-corrected chi connectivity index (χ3v) is 2.68. The highest BCUT2D eigenvalue weighted by Crippen LogP contribution is 2.33. The molecule has 0 aliphatic heterocycles. The van der Waals surface area contributed by atoms with E-state index >= 15 is 0 Å². The van der Waals surface area contributed by atoms with Gasteiger partial charge < -0.3 is 5.11 Å². The van der Waals surface area contributed by atoms with Crippen LogP contribution in [0.4, 0.5) is 29.5 Å². The number of aromatic nitrogens is 2. The van der Waals surface area contributed by atoms with Crippen LogP contribution in [-0.4, -0.2) is 21.2 Å². The fourth-order valence-electron chi connectivity index (χ4n) is 1.61. The van der Waals surface area contributed by atoms with Gasteiger partial charge in [0.05, 0.1) is 11.3 Å². The van der Waals surface area contributed by atoms with E-state index in [0.717, 1.165) is 24.5 Å². The Labute approximate surface area is 121 Å². The zero-order valence-electron chi connectivity index (χ0n) is 10.2. The summed E-state index contributed by atoms with van der Waals surface area (Å²) in [5.74, 6) is -0.151. The number of benzene rings is 1. The summed E-state index contributed by atoms with van der Waals surface area (Å²) in [7, 11) is 0. The second-order valence-corrected chi connectivity index (χ2v) is 4.25. The molecular weight excluding hydrogens is 311 g/mol. The van der Waals surface area contributed by atoms with Crippen molar-refractivity contribution < 1.29 is 23.1 Å². The molecule has 0 saturated heterocycles. The lowest BCUT2D eigenvalue weighted by atomic mass is 10.2. The number of anilines is 2. The zero-order chi connectivity index (χ0) is 15.6. The third-order valence-electron chi connectivity index (χ3n) is 2.47. The summed E-state index contributed by atoms with van der Waals surface area (Å²) < 4.78 is 38.1. The van der Waals surface area contributed by atoms with Crippen LogP contribution in [0, 0.1) is 0 Å². The molecule has 2 aromatic rings. The summed E-state index contributed by atoms with van der Waals surface area (Å²) in [6.45, 7) is 0. The molecule has 110 valence electrons. The predicted octanol–water partition coefficient (Wildman–Crippen LogP) is 3.96. The summed E-state index contributed by atoms with van der Waals surface area (Å²) in [5.41, 5.74) is -1.17. The first-order valence-electron chi connectivity index (χ1n) is 5.47. The molecule has 1 aromatic carbocycles. The minimum atomic E-state index is -4.58. The van der Waals surface area contributed by atoms with E-state index in [1.54, 1.807) is 0 Å². The van der Waals surface area contributed by atoms with Crippen LogP contribution in [0.5, 0.6) is 0 Å². The van der Waals surface area contributed by atoms with Gasteiger partial charge >= 0.3 is 12.3 Å². The molecule has 1 heterocycles. The first-order chi connectivity index (χ1) is 9.79. The van der Waals surface area contributed by atoms with Gasteiger partial charge in [-0.2, -0.15) is 13.2 Å². The van der Waals surface area contributed by atoms with Gasteiger partial charge in [-0.1, -0.05) is 17.7 Å². The lowest BCUT2D eigenvalue weighted by molar-refractivity contribution is -0.137. The molecule has 21 heavy (non-hydrogen) atoms. The van der Waals surface area contributed by atoms with Crippen LogP contribution in [0.3, 0.4) is 0 Å². The second kappa shape index (κ2) is 5.57. The number of rotatable bonds is 2. The van der Waals surface area contributed by atoms with Crippen LogP contribution in [0.2, 0.25) is 5.15 Å². The summed E-state index contributed by atoms with van der Waals surface area (Å²) in [4.78, 5) is 19.2. The molecule has 0 atom stereocenters. The van der Waals surface area contributed by atoms with Crippen LogP contribution < -0.4 is 4.90 Å². The second-order valence-electron chi connectivity index (χ2n) is 3.87. The van der Waals surface area contributed by atoms with Gasteiger partial charge in [0, 0.05) is 6.07 Å². The maximum atomic E-state index is 12.7. The van der Waals surface area contributed by atoms with E-state index in [4.69, 9.17) is 11.6 Å². The van der Waals surface area contributed by atoms with Gasteiger partial charge in [-0.15, -0.1) is 0 Å². The Morgan fingerprint density at radius 3 is 2.52 bits per heavy atom. The van der Waals surface area contributed by atoms with Crippen molar-refractivity contribution >= 4 is 29.2 Å². The SMILES string of the molecule is O=C(O)N(c1cccc(C(F)(F)F)c1)c1cc(Cl)ncn1. The Morgan fingerprint density at radius 1 is 1.24 bits per heavy atom. The molecule has 1 N–H and O–H groups in total. The fourth-order valence-corrected chi connectivity index (χ4v) is 1.75. The smallest absolute Gasteiger partial charge is 0.417 e. The largest absolute Gasteiger partial charge is 0.464 e. The highest BCUT2D eigenvalue weighted by Gasteiger charge is 2.31. The molecule has 0 fully saturated rings. The number of nitrogens with zero attached hydrogens (tertiary/aromatic N) is 3. The first kappa shape index (κ1) is 15.0. The van der Waals surface area contributed by atoms with E-state index in [9.17, 15) is 23.1 Å². The molecule has 1 aromatic heterocycles. The van der Waals surface area contributed by atoms with Crippen molar-refractivity contribution in [2.75, 3.05) is 4.90 Å². The van der Waals surface area contributed by atoms with Gasteiger partial charge in [0.15, 0.2) is 0 Å². The van der Waals surface area contributed by atoms with Gasteiger partial charge in [0.2, 0.25) is 0 Å². The molecule has 9 heteroatoms. The Morgan fingerprint density at radius 2 is 1.95 bits per heavy atom. The summed E-state index contributed by atoms with van der Waals surface area (Å²) >= 11 is 5.63. The summed E-state index contributed by atoms with van der Waals surface area (Å²) in [5, 5.41) is 9.18. The number of hydrogen-bond acceptors (Lipinski definition) is 3. The van der Waals surface area contributed by atoms with E-state index < -0.39 is 17.8 Å². The van der Waals surface area contributed by atoms with E-state index in [1.165, 1.54) is 6.07 Å². The number of carbonyl (C=O) groups is 1. The van der Waals surface area contributed by atoms with E-state index in [1.807, 2.05) is 0 Å². The number of hydrogen-bond donors (Lipinski definition) is 1. The highest BCUT2D eigenvalue weighted by atomic mass is 35.5. The highest BCUT2D eigenvalue weighted by molar-refractivity contribution is 6.29. The number of halogens is 4. The maximum Gasteiger partial charge on any atom is 0.417 e. The van der Waals surface area contributed by atoms with Crippen LogP contribution in [0.15, 0.2) is 36.7 Å². The van der Waals surface area contributed by atoms with Crippen molar-refractivity contribution in [1.29, 1.82) is 0 Å². The first-order valence-corrected chi connectivity index (χ1v) is 5.84. The van der Waals surface area contributed by atoms with Crippen LogP contribution in [0.1, 0.15) is 5.56 Å². The Bertz CT molecular complexity index is 679. The third kappa shape index (κ3) is 3.40. The van der Waals surface area contributed by atoms with E-state index in [2.05, 4.69) is 9.97 Å². The number of alkyl halides is 3. The average molecular weight is 318 g/mol. The van der Waals surface area contributed by atoms with Crippen LogP contribution in [0.25, 0.3) is 0 Å². The molecule has 1 amide bonds. The fraction of sp³-hybridized carbons (Fsp3) is 0.0833. The monoisotopic (exact) mass is 317 g/mol. The Balaban J connectivity index is 2.52. The van der Waals surface area contributed by atoms with E-state index in [-0.39, 0.29) is 16.7 Å². The molecule has 2 rings (SSSR count). The topological polar surface area (TPSA) is 66.3 Å². The van der Waals surface area contributed by atoms with Gasteiger partial charge in [-0.25, -0.2) is 19.7 Å². The van der Waals surface area contributed by atoms with Gasteiger partial charge in [-0.05, 0) is 18.2 Å². The minimum absolute atomic E-state index is 0.0294. The molecule has 0 unspecified atom stereocenters. The molecule has 0 saturated carbocycles. The molecular formula is C12H7ClF3N3O2. The molecule has 0 aliphatic rings. The zero-order valence-corrected chi connectivity index (χ0v) is 10.9. The van der Waals surface area contributed by atoms with Crippen molar-refractivity contribution in [2.45, 2.75) is 6.18 Å². The van der Waals surface area contributed by atoms with Crippen LogP contribution in [-0.2, 0) is 6.18 Å². The lowest BCUT2D eigenvalue weighted by Gasteiger charge is -2.19. The lowest BCUT2D eigenvalue weighted by Crippen LogP contribution is -2.25. The normalized spacial score (nSPS) is 11.2. The molecule has 0 bridgehead atoms. The molecule has 5 nitrogen and oxygen atoms in total. The van der Waals surface area contributed by atoms with Crippen molar-refractivity contribution in [3.63, 3.8) is 0 Å². The average Bonchev–Trinajstić information content (AvgIpc) is 2.38. The van der Waals surface area contributed by atoms with Crippen molar-refractivity contribution in [3.8, 4) is 0 Å². The van der Waals surface area contributed by atoms with E-state index in [0.29, 0.717) is 11.0 Å². The molecule has 0 spiro atoms. The minimum Gasteiger partial charge on any atom is -0.464 e. The Hall–Kier alpha value is -2.35. The van der Waals surface area contributed by atoms with Gasteiger partial charge in [-0.3, -0.25) is 0 Å².